The maximum Gasteiger partial charge on any atom is 0.133 e. The highest BCUT2D eigenvalue weighted by atomic mass is 16.3. The van der Waals surface area contributed by atoms with Gasteiger partial charge in [0.1, 0.15) is 17.3 Å². The minimum absolute atomic E-state index is 0.273. The summed E-state index contributed by atoms with van der Waals surface area (Å²) < 4.78 is 0. The monoisotopic (exact) mass is 328 g/mol. The molecule has 0 heterocycles. The van der Waals surface area contributed by atoms with Gasteiger partial charge < -0.3 is 10.2 Å². The lowest BCUT2D eigenvalue weighted by Gasteiger charge is -2.32. The van der Waals surface area contributed by atoms with Gasteiger partial charge in [-0.15, -0.1) is 0 Å². The molecule has 3 nitrogen and oxygen atoms in total. The molecule has 2 aromatic rings. The van der Waals surface area contributed by atoms with Gasteiger partial charge in [0, 0.05) is 12.8 Å². The van der Waals surface area contributed by atoms with E-state index in [-0.39, 0.29) is 5.41 Å². The minimum Gasteiger partial charge on any atom is -0.508 e. The first-order valence-corrected chi connectivity index (χ1v) is 8.28. The Morgan fingerprint density at radius 2 is 1.29 bits per heavy atom. The highest BCUT2D eigenvalue weighted by molar-refractivity contribution is 5.80. The summed E-state index contributed by atoms with van der Waals surface area (Å²) in [5.74, 6) is 1.70. The first-order chi connectivity index (χ1) is 11.3. The number of para-hydroxylation sites is 2. The van der Waals surface area contributed by atoms with Crippen LogP contribution in [0.4, 0.5) is 0 Å². The molecule has 3 heteroatoms. The number of hydrogen-bond donors (Lipinski definition) is 2. The van der Waals surface area contributed by atoms with Crippen LogP contribution < -0.4 is 0 Å². The summed E-state index contributed by atoms with van der Waals surface area (Å²) in [6, 6.07) is 17.4. The molecule has 0 amide bonds. The van der Waals surface area contributed by atoms with Gasteiger partial charge in [-0.1, -0.05) is 57.2 Å². The molecular weight excluding hydrogens is 300 g/mol. The van der Waals surface area contributed by atoms with E-state index in [2.05, 4.69) is 20.8 Å². The van der Waals surface area contributed by atoms with Crippen LogP contribution in [0.15, 0.2) is 60.7 Å². The smallest absolute Gasteiger partial charge is 0.133 e. The summed E-state index contributed by atoms with van der Waals surface area (Å²) in [4.78, 5) is 11.1. The lowest BCUT2D eigenvalue weighted by atomic mass is 9.72. The zero-order valence-electron chi connectivity index (χ0n) is 14.8. The number of rotatable bonds is 0. The Morgan fingerprint density at radius 3 is 1.54 bits per heavy atom. The molecule has 0 aromatic heterocycles. The fourth-order valence-electron chi connectivity index (χ4n) is 2.94. The Hall–Kier alpha value is -2.29. The maximum absolute atomic E-state index is 11.1. The van der Waals surface area contributed by atoms with Crippen LogP contribution in [0.1, 0.15) is 40.0 Å². The molecule has 24 heavy (non-hydrogen) atoms. The standard InChI is InChI=1S/C9H16O.2C6H6O/c1-7-4-8(10)6-9(2,3)5-7;2*7-6-4-2-1-3-5-6/h7H,4-6H2,1-3H3;2*1-5,7H. The molecule has 1 aliphatic rings. The molecule has 3 rings (SSSR count). The zero-order valence-corrected chi connectivity index (χ0v) is 14.8. The van der Waals surface area contributed by atoms with Gasteiger partial charge in [0.2, 0.25) is 0 Å². The Balaban J connectivity index is 0.000000185. The predicted molar refractivity (Wildman–Crippen MR) is 98.0 cm³/mol. The van der Waals surface area contributed by atoms with Crippen molar-refractivity contribution in [2.75, 3.05) is 0 Å². The highest BCUT2D eigenvalue weighted by Crippen LogP contribution is 2.36. The molecule has 0 saturated heterocycles. The number of phenols is 2. The molecular formula is C21H28O3. The van der Waals surface area contributed by atoms with Crippen molar-refractivity contribution in [1.82, 2.24) is 0 Å². The fraction of sp³-hybridized carbons (Fsp3) is 0.381. The van der Waals surface area contributed by atoms with E-state index >= 15 is 0 Å². The first kappa shape index (κ1) is 19.8. The number of Topliss-reactive ketones (excluding diaryl/α,β-unsaturated/α-hetero) is 1. The number of benzene rings is 2. The summed E-state index contributed by atoms with van der Waals surface area (Å²) in [6.45, 7) is 6.53. The van der Waals surface area contributed by atoms with E-state index in [9.17, 15) is 4.79 Å². The summed E-state index contributed by atoms with van der Waals surface area (Å²) in [6.07, 6.45) is 2.81. The Labute approximate surface area is 145 Å². The van der Waals surface area contributed by atoms with Gasteiger partial charge in [-0.2, -0.15) is 0 Å². The molecule has 0 radical (unpaired) electrons. The quantitative estimate of drug-likeness (QED) is 0.700. The largest absolute Gasteiger partial charge is 0.508 e. The van der Waals surface area contributed by atoms with Crippen molar-refractivity contribution in [3.63, 3.8) is 0 Å². The number of aromatic hydroxyl groups is 2. The normalized spacial score (nSPS) is 18.5. The van der Waals surface area contributed by atoms with Crippen molar-refractivity contribution in [2.24, 2.45) is 11.3 Å². The number of hydrogen-bond acceptors (Lipinski definition) is 3. The van der Waals surface area contributed by atoms with Crippen molar-refractivity contribution in [3.05, 3.63) is 60.7 Å². The summed E-state index contributed by atoms with van der Waals surface area (Å²) in [5.41, 5.74) is 0.273. The van der Waals surface area contributed by atoms with Crippen LogP contribution in [0.25, 0.3) is 0 Å². The second-order valence-electron chi connectivity index (χ2n) is 7.06. The van der Waals surface area contributed by atoms with Crippen molar-refractivity contribution in [1.29, 1.82) is 0 Å². The lowest BCUT2D eigenvalue weighted by Crippen LogP contribution is -2.27. The van der Waals surface area contributed by atoms with E-state index in [1.807, 2.05) is 12.1 Å². The van der Waals surface area contributed by atoms with Gasteiger partial charge in [0.05, 0.1) is 0 Å². The molecule has 0 spiro atoms. The molecule has 1 fully saturated rings. The predicted octanol–water partition coefficient (Wildman–Crippen LogP) is 5.19. The second-order valence-corrected chi connectivity index (χ2v) is 7.06. The van der Waals surface area contributed by atoms with Gasteiger partial charge in [0.25, 0.3) is 0 Å². The van der Waals surface area contributed by atoms with Gasteiger partial charge in [-0.05, 0) is 42.0 Å². The summed E-state index contributed by atoms with van der Waals surface area (Å²) in [5, 5.41) is 17.3. The maximum atomic E-state index is 11.1. The van der Waals surface area contributed by atoms with E-state index in [1.54, 1.807) is 48.5 Å². The third-order valence-electron chi connectivity index (χ3n) is 3.67. The van der Waals surface area contributed by atoms with Crippen molar-refractivity contribution in [2.45, 2.75) is 40.0 Å². The van der Waals surface area contributed by atoms with E-state index in [4.69, 9.17) is 10.2 Å². The van der Waals surface area contributed by atoms with Crippen LogP contribution in [0.3, 0.4) is 0 Å². The fourth-order valence-corrected chi connectivity index (χ4v) is 2.94. The van der Waals surface area contributed by atoms with E-state index < -0.39 is 0 Å². The summed E-state index contributed by atoms with van der Waals surface area (Å²) in [7, 11) is 0. The molecule has 2 aromatic carbocycles. The topological polar surface area (TPSA) is 57.5 Å². The molecule has 0 bridgehead atoms. The number of carbonyl (C=O) groups is 1. The van der Waals surface area contributed by atoms with Crippen molar-refractivity contribution >= 4 is 5.78 Å². The first-order valence-electron chi connectivity index (χ1n) is 8.28. The lowest BCUT2D eigenvalue weighted by molar-refractivity contribution is -0.124. The number of carbonyl (C=O) groups excluding carboxylic acids is 1. The molecule has 2 N–H and O–H groups in total. The van der Waals surface area contributed by atoms with Gasteiger partial charge in [-0.25, -0.2) is 0 Å². The second kappa shape index (κ2) is 9.76. The SMILES string of the molecule is CC1CC(=O)CC(C)(C)C1.Oc1ccccc1.Oc1ccccc1. The van der Waals surface area contributed by atoms with Crippen LogP contribution in [0.5, 0.6) is 11.5 Å². The van der Waals surface area contributed by atoms with E-state index in [0.29, 0.717) is 23.2 Å². The molecule has 1 aliphatic carbocycles. The number of phenolic OH excluding ortho intramolecular Hbond substituents is 2. The van der Waals surface area contributed by atoms with Crippen LogP contribution in [0, 0.1) is 11.3 Å². The Morgan fingerprint density at radius 1 is 0.875 bits per heavy atom. The Bertz CT molecular complexity index is 553. The third kappa shape index (κ3) is 8.99. The van der Waals surface area contributed by atoms with Crippen LogP contribution in [-0.4, -0.2) is 16.0 Å². The zero-order chi connectivity index (χ0) is 18.0. The van der Waals surface area contributed by atoms with Crippen molar-refractivity contribution < 1.29 is 15.0 Å². The van der Waals surface area contributed by atoms with Gasteiger partial charge >= 0.3 is 0 Å². The van der Waals surface area contributed by atoms with Crippen molar-refractivity contribution in [3.8, 4) is 11.5 Å². The van der Waals surface area contributed by atoms with Crippen LogP contribution in [-0.2, 0) is 4.79 Å². The highest BCUT2D eigenvalue weighted by Gasteiger charge is 2.30. The third-order valence-corrected chi connectivity index (χ3v) is 3.67. The molecule has 0 aliphatic heterocycles. The molecule has 1 saturated carbocycles. The number of ketones is 1. The van der Waals surface area contributed by atoms with Crippen LogP contribution in [0.2, 0.25) is 0 Å². The average Bonchev–Trinajstić information content (AvgIpc) is 2.47. The Kier molecular flexibility index (Phi) is 8.03. The average molecular weight is 328 g/mol. The van der Waals surface area contributed by atoms with Gasteiger partial charge in [-0.3, -0.25) is 4.79 Å². The molecule has 1 unspecified atom stereocenters. The van der Waals surface area contributed by atoms with Gasteiger partial charge in [0.15, 0.2) is 0 Å². The molecule has 1 atom stereocenters. The summed E-state index contributed by atoms with van der Waals surface area (Å²) >= 11 is 0. The minimum atomic E-state index is 0.273. The van der Waals surface area contributed by atoms with Crippen LogP contribution >= 0.6 is 0 Å². The van der Waals surface area contributed by atoms with E-state index in [1.165, 1.54) is 6.42 Å². The molecule has 130 valence electrons. The van der Waals surface area contributed by atoms with E-state index in [0.717, 1.165) is 12.8 Å².